The van der Waals surface area contributed by atoms with E-state index in [0.29, 0.717) is 49.2 Å². The molecular formula is C24H28ClF2N7O2. The summed E-state index contributed by atoms with van der Waals surface area (Å²) in [6.07, 6.45) is 6.98. The molecule has 1 amide bonds. The molecule has 2 aliphatic rings. The Bertz CT molecular complexity index is 1260. The number of halogens is 3. The molecule has 0 saturated heterocycles. The molecule has 2 aromatic heterocycles. The number of aliphatic hydroxyl groups is 1. The molecule has 2 heterocycles. The summed E-state index contributed by atoms with van der Waals surface area (Å²) in [6.45, 7) is 0. The SMILES string of the molecule is NC(=O)C1CCC(n2c(Nc3c(F)cc(Cl)cc3F)nc3cnc(N[C@@H]4CCCC[C@H]4O)nc32)CC1. The van der Waals surface area contributed by atoms with Crippen LogP contribution in [-0.4, -0.2) is 42.7 Å². The van der Waals surface area contributed by atoms with Crippen LogP contribution >= 0.6 is 11.6 Å². The van der Waals surface area contributed by atoms with E-state index in [-0.39, 0.29) is 40.6 Å². The molecular weight excluding hydrogens is 492 g/mol. The number of rotatable bonds is 6. The third-order valence-electron chi connectivity index (χ3n) is 7.18. The minimum Gasteiger partial charge on any atom is -0.391 e. The lowest BCUT2D eigenvalue weighted by Crippen LogP contribution is -2.36. The van der Waals surface area contributed by atoms with Crippen LogP contribution in [0.25, 0.3) is 11.2 Å². The van der Waals surface area contributed by atoms with Crippen molar-refractivity contribution in [2.45, 2.75) is 69.6 Å². The number of anilines is 3. The zero-order valence-corrected chi connectivity index (χ0v) is 20.3. The molecule has 0 spiro atoms. The number of amides is 1. The number of hydrogen-bond acceptors (Lipinski definition) is 7. The molecule has 192 valence electrons. The van der Waals surface area contributed by atoms with Crippen molar-refractivity contribution in [1.82, 2.24) is 19.5 Å². The Morgan fingerprint density at radius 3 is 2.44 bits per heavy atom. The molecule has 1 aromatic carbocycles. The Kier molecular flexibility index (Phi) is 6.94. The third kappa shape index (κ3) is 4.94. The van der Waals surface area contributed by atoms with E-state index in [1.54, 1.807) is 6.20 Å². The number of primary amides is 1. The smallest absolute Gasteiger partial charge is 0.225 e. The summed E-state index contributed by atoms with van der Waals surface area (Å²) >= 11 is 5.78. The summed E-state index contributed by atoms with van der Waals surface area (Å²) in [5.41, 5.74) is 6.06. The third-order valence-corrected chi connectivity index (χ3v) is 7.40. The molecule has 2 fully saturated rings. The maximum absolute atomic E-state index is 14.6. The highest BCUT2D eigenvalue weighted by atomic mass is 35.5. The number of carbonyl (C=O) groups is 1. The average molecular weight is 520 g/mol. The fraction of sp³-hybridized carbons (Fsp3) is 0.500. The van der Waals surface area contributed by atoms with E-state index in [4.69, 9.17) is 17.3 Å². The van der Waals surface area contributed by atoms with E-state index in [1.165, 1.54) is 0 Å². The molecule has 3 aromatic rings. The standard InChI is InChI=1S/C24H28ClF2N7O2/c25-13-9-15(26)20(16(27)10-13)32-24-31-18-11-29-23(30-17-3-1-2-4-19(17)35)33-22(18)34(24)14-7-5-12(6-8-14)21(28)36/h9-12,14,17,19,35H,1-8H2,(H2,28,36)(H,31,32)(H,29,30,33)/t12?,14?,17-,19-/m1/s1. The quantitative estimate of drug-likeness (QED) is 0.379. The first kappa shape index (κ1) is 24.6. The van der Waals surface area contributed by atoms with Gasteiger partial charge in [-0.15, -0.1) is 0 Å². The van der Waals surface area contributed by atoms with E-state index in [0.717, 1.165) is 31.4 Å². The fourth-order valence-corrected chi connectivity index (χ4v) is 5.42. The van der Waals surface area contributed by atoms with Crippen LogP contribution in [0.2, 0.25) is 5.02 Å². The summed E-state index contributed by atoms with van der Waals surface area (Å²) < 4.78 is 31.0. The Hall–Kier alpha value is -3.05. The van der Waals surface area contributed by atoms with Gasteiger partial charge in [0.15, 0.2) is 17.3 Å². The first-order valence-corrected chi connectivity index (χ1v) is 12.6. The molecule has 5 N–H and O–H groups in total. The molecule has 0 bridgehead atoms. The van der Waals surface area contributed by atoms with Crippen molar-refractivity contribution in [1.29, 1.82) is 0 Å². The zero-order chi connectivity index (χ0) is 25.4. The van der Waals surface area contributed by atoms with Crippen LogP contribution in [-0.2, 0) is 4.79 Å². The van der Waals surface area contributed by atoms with Gasteiger partial charge in [-0.2, -0.15) is 4.98 Å². The van der Waals surface area contributed by atoms with E-state index in [2.05, 4.69) is 25.6 Å². The molecule has 2 saturated carbocycles. The van der Waals surface area contributed by atoms with Gasteiger partial charge in [-0.1, -0.05) is 24.4 Å². The number of fused-ring (bicyclic) bond motifs is 1. The minimum atomic E-state index is -0.851. The van der Waals surface area contributed by atoms with Crippen molar-refractivity contribution >= 4 is 46.3 Å². The number of aromatic nitrogens is 4. The van der Waals surface area contributed by atoms with Gasteiger partial charge in [-0.05, 0) is 50.7 Å². The normalized spacial score (nSPS) is 24.6. The van der Waals surface area contributed by atoms with Crippen LogP contribution in [0.3, 0.4) is 0 Å². The highest BCUT2D eigenvalue weighted by Crippen LogP contribution is 2.38. The number of nitrogens with two attached hydrogens (primary N) is 1. The molecule has 0 aliphatic heterocycles. The lowest BCUT2D eigenvalue weighted by molar-refractivity contribution is -0.122. The highest BCUT2D eigenvalue weighted by Gasteiger charge is 2.30. The molecule has 36 heavy (non-hydrogen) atoms. The van der Waals surface area contributed by atoms with Crippen molar-refractivity contribution in [2.24, 2.45) is 11.7 Å². The van der Waals surface area contributed by atoms with Gasteiger partial charge in [-0.25, -0.2) is 18.7 Å². The summed E-state index contributed by atoms with van der Waals surface area (Å²) in [6, 6.07) is 1.76. The Labute approximate surface area is 211 Å². The van der Waals surface area contributed by atoms with Gasteiger partial charge in [-0.3, -0.25) is 9.36 Å². The van der Waals surface area contributed by atoms with Crippen LogP contribution in [0.4, 0.5) is 26.4 Å². The molecule has 2 aliphatic carbocycles. The van der Waals surface area contributed by atoms with Crippen LogP contribution in [0, 0.1) is 17.6 Å². The van der Waals surface area contributed by atoms with Gasteiger partial charge in [0.1, 0.15) is 11.2 Å². The average Bonchev–Trinajstić information content (AvgIpc) is 3.20. The molecule has 2 atom stereocenters. The Morgan fingerprint density at radius 2 is 1.78 bits per heavy atom. The van der Waals surface area contributed by atoms with Gasteiger partial charge in [0, 0.05) is 17.0 Å². The number of aliphatic hydroxyl groups excluding tert-OH is 1. The monoisotopic (exact) mass is 519 g/mol. The molecule has 12 heteroatoms. The maximum Gasteiger partial charge on any atom is 0.225 e. The summed E-state index contributed by atoms with van der Waals surface area (Å²) in [5.74, 6) is -1.69. The largest absolute Gasteiger partial charge is 0.391 e. The second-order valence-electron chi connectivity index (χ2n) is 9.59. The van der Waals surface area contributed by atoms with Crippen molar-refractivity contribution in [2.75, 3.05) is 10.6 Å². The highest BCUT2D eigenvalue weighted by molar-refractivity contribution is 6.30. The van der Waals surface area contributed by atoms with Gasteiger partial charge in [0.05, 0.1) is 18.3 Å². The molecule has 0 radical (unpaired) electrons. The van der Waals surface area contributed by atoms with Crippen molar-refractivity contribution < 1.29 is 18.7 Å². The number of carbonyl (C=O) groups excluding carboxylic acids is 1. The minimum absolute atomic E-state index is 0.0553. The second kappa shape index (κ2) is 10.1. The number of nitrogens with zero attached hydrogens (tertiary/aromatic N) is 4. The van der Waals surface area contributed by atoms with E-state index in [9.17, 15) is 18.7 Å². The summed E-state index contributed by atoms with van der Waals surface area (Å²) in [7, 11) is 0. The van der Waals surface area contributed by atoms with E-state index in [1.807, 2.05) is 4.57 Å². The van der Waals surface area contributed by atoms with E-state index >= 15 is 0 Å². The van der Waals surface area contributed by atoms with Crippen molar-refractivity contribution in [3.05, 3.63) is 35.0 Å². The Balaban J connectivity index is 1.53. The van der Waals surface area contributed by atoms with E-state index < -0.39 is 17.7 Å². The molecule has 9 nitrogen and oxygen atoms in total. The van der Waals surface area contributed by atoms with Gasteiger partial charge >= 0.3 is 0 Å². The van der Waals surface area contributed by atoms with Crippen molar-refractivity contribution in [3.63, 3.8) is 0 Å². The molecule has 5 rings (SSSR count). The van der Waals surface area contributed by atoms with Gasteiger partial charge in [0.25, 0.3) is 0 Å². The fourth-order valence-electron chi connectivity index (χ4n) is 5.23. The van der Waals surface area contributed by atoms with Crippen LogP contribution in [0.15, 0.2) is 18.3 Å². The first-order valence-electron chi connectivity index (χ1n) is 12.2. The topological polar surface area (TPSA) is 131 Å². The molecule has 0 unspecified atom stereocenters. The predicted molar refractivity (Wildman–Crippen MR) is 132 cm³/mol. The van der Waals surface area contributed by atoms with Gasteiger partial charge < -0.3 is 21.5 Å². The second-order valence-corrected chi connectivity index (χ2v) is 10.0. The predicted octanol–water partition coefficient (Wildman–Crippen LogP) is 4.43. The van der Waals surface area contributed by atoms with Gasteiger partial charge in [0.2, 0.25) is 17.8 Å². The summed E-state index contributed by atoms with van der Waals surface area (Å²) in [5, 5.41) is 16.3. The Morgan fingerprint density at radius 1 is 1.08 bits per heavy atom. The lowest BCUT2D eigenvalue weighted by Gasteiger charge is -2.29. The number of nitrogens with one attached hydrogen (secondary N) is 2. The first-order chi connectivity index (χ1) is 17.3. The zero-order valence-electron chi connectivity index (χ0n) is 19.6. The number of hydrogen-bond donors (Lipinski definition) is 4. The van der Waals surface area contributed by atoms with Crippen molar-refractivity contribution in [3.8, 4) is 0 Å². The van der Waals surface area contributed by atoms with Crippen LogP contribution in [0.1, 0.15) is 57.4 Å². The summed E-state index contributed by atoms with van der Waals surface area (Å²) in [4.78, 5) is 25.3. The number of imidazole rings is 1. The maximum atomic E-state index is 14.6. The number of benzene rings is 1. The lowest BCUT2D eigenvalue weighted by atomic mass is 9.85. The van der Waals surface area contributed by atoms with Crippen LogP contribution < -0.4 is 16.4 Å². The van der Waals surface area contributed by atoms with Crippen LogP contribution in [0.5, 0.6) is 0 Å².